The van der Waals surface area contributed by atoms with E-state index in [1.165, 1.54) is 35.2 Å². The second-order valence-corrected chi connectivity index (χ2v) is 5.78. The van der Waals surface area contributed by atoms with Gasteiger partial charge in [-0.1, -0.05) is 11.8 Å². The van der Waals surface area contributed by atoms with Gasteiger partial charge in [-0.15, -0.1) is 11.3 Å². The molecule has 1 heterocycles. The molecule has 1 aromatic heterocycles. The Morgan fingerprint density at radius 3 is 2.56 bits per heavy atom. The fourth-order valence-electron chi connectivity index (χ4n) is 1.02. The summed E-state index contributed by atoms with van der Waals surface area (Å²) in [7, 11) is 0. The van der Waals surface area contributed by atoms with Gasteiger partial charge in [0, 0.05) is 22.4 Å². The van der Waals surface area contributed by atoms with Gasteiger partial charge >= 0.3 is 0 Å². The number of thiazole rings is 1. The molecule has 7 heteroatoms. The van der Waals surface area contributed by atoms with E-state index >= 15 is 0 Å². The second kappa shape index (κ2) is 4.94. The maximum atomic E-state index is 10.5. The summed E-state index contributed by atoms with van der Waals surface area (Å²) < 4.78 is 1.71. The molecule has 0 aliphatic heterocycles. The molecule has 0 atom stereocenters. The smallest absolute Gasteiger partial charge is 0.258 e. The largest absolute Gasteiger partial charge is 0.269 e. The molecule has 0 saturated heterocycles. The molecule has 0 aliphatic rings. The van der Waals surface area contributed by atoms with Gasteiger partial charge in [0.15, 0.2) is 4.34 Å². The van der Waals surface area contributed by atoms with E-state index in [1.54, 1.807) is 12.1 Å². The predicted molar refractivity (Wildman–Crippen MR) is 67.0 cm³/mol. The standard InChI is InChI=1S/C9H5BrN2O2S2/c10-8-5-15-9(11-8)16-7-3-1-6(2-4-7)12(13)14/h1-5H. The Morgan fingerprint density at radius 1 is 1.38 bits per heavy atom. The van der Waals surface area contributed by atoms with E-state index in [0.717, 1.165) is 13.8 Å². The number of benzene rings is 1. The van der Waals surface area contributed by atoms with Crippen molar-refractivity contribution >= 4 is 44.7 Å². The van der Waals surface area contributed by atoms with Gasteiger partial charge in [-0.2, -0.15) is 0 Å². The number of halogens is 1. The number of nitrogens with zero attached hydrogens (tertiary/aromatic N) is 2. The lowest BCUT2D eigenvalue weighted by molar-refractivity contribution is -0.384. The summed E-state index contributed by atoms with van der Waals surface area (Å²) >= 11 is 6.28. The van der Waals surface area contributed by atoms with Gasteiger partial charge in [0.05, 0.1) is 4.92 Å². The highest BCUT2D eigenvalue weighted by molar-refractivity contribution is 9.10. The van der Waals surface area contributed by atoms with Crippen LogP contribution in [0.4, 0.5) is 5.69 Å². The minimum atomic E-state index is -0.408. The third kappa shape index (κ3) is 2.81. The molecule has 0 spiro atoms. The molecular weight excluding hydrogens is 312 g/mol. The van der Waals surface area contributed by atoms with Gasteiger partial charge in [-0.05, 0) is 28.1 Å². The van der Waals surface area contributed by atoms with Crippen molar-refractivity contribution in [3.05, 3.63) is 44.4 Å². The maximum Gasteiger partial charge on any atom is 0.269 e. The molecule has 0 unspecified atom stereocenters. The van der Waals surface area contributed by atoms with Crippen molar-refractivity contribution in [2.24, 2.45) is 0 Å². The molecule has 0 radical (unpaired) electrons. The zero-order valence-corrected chi connectivity index (χ0v) is 11.0. The first-order chi connectivity index (χ1) is 7.65. The fraction of sp³-hybridized carbons (Fsp3) is 0. The van der Waals surface area contributed by atoms with E-state index < -0.39 is 4.92 Å². The van der Waals surface area contributed by atoms with Crippen LogP contribution >= 0.6 is 39.0 Å². The Labute approximate surface area is 108 Å². The normalized spacial score (nSPS) is 10.3. The molecule has 1 aromatic carbocycles. The topological polar surface area (TPSA) is 56.0 Å². The Hall–Kier alpha value is -0.920. The van der Waals surface area contributed by atoms with Crippen molar-refractivity contribution in [2.75, 3.05) is 0 Å². The number of aromatic nitrogens is 1. The number of rotatable bonds is 3. The number of nitro groups is 1. The van der Waals surface area contributed by atoms with E-state index in [4.69, 9.17) is 0 Å². The van der Waals surface area contributed by atoms with Crippen LogP contribution in [-0.4, -0.2) is 9.91 Å². The highest BCUT2D eigenvalue weighted by atomic mass is 79.9. The Morgan fingerprint density at radius 2 is 2.06 bits per heavy atom. The van der Waals surface area contributed by atoms with Crippen molar-refractivity contribution < 1.29 is 4.92 Å². The van der Waals surface area contributed by atoms with Gasteiger partial charge in [0.25, 0.3) is 5.69 Å². The van der Waals surface area contributed by atoms with Crippen LogP contribution in [0.25, 0.3) is 0 Å². The average molecular weight is 317 g/mol. The van der Waals surface area contributed by atoms with Crippen molar-refractivity contribution in [3.8, 4) is 0 Å². The summed E-state index contributed by atoms with van der Waals surface area (Å²) in [5.41, 5.74) is 0.102. The Bertz CT molecular complexity index is 512. The van der Waals surface area contributed by atoms with Crippen LogP contribution in [0.15, 0.2) is 43.5 Å². The summed E-state index contributed by atoms with van der Waals surface area (Å²) in [5.74, 6) is 0. The lowest BCUT2D eigenvalue weighted by Crippen LogP contribution is -1.86. The lowest BCUT2D eigenvalue weighted by Gasteiger charge is -1.96. The summed E-state index contributed by atoms with van der Waals surface area (Å²) in [4.78, 5) is 15.2. The second-order valence-electron chi connectivity index (χ2n) is 2.79. The summed E-state index contributed by atoms with van der Waals surface area (Å²) in [5, 5.41) is 12.4. The lowest BCUT2D eigenvalue weighted by atomic mass is 10.3. The minimum absolute atomic E-state index is 0.102. The van der Waals surface area contributed by atoms with Crippen LogP contribution in [0.2, 0.25) is 0 Å². The molecule has 4 nitrogen and oxygen atoms in total. The van der Waals surface area contributed by atoms with Crippen LogP contribution in [0.3, 0.4) is 0 Å². The minimum Gasteiger partial charge on any atom is -0.258 e. The van der Waals surface area contributed by atoms with Gasteiger partial charge < -0.3 is 0 Å². The third-order valence-corrected chi connectivity index (χ3v) is 4.36. The molecule has 0 N–H and O–H groups in total. The predicted octanol–water partition coefficient (Wildman–Crippen LogP) is 3.97. The maximum absolute atomic E-state index is 10.5. The zero-order chi connectivity index (χ0) is 11.5. The SMILES string of the molecule is O=[N+]([O-])c1ccc(Sc2nc(Br)cs2)cc1. The van der Waals surface area contributed by atoms with E-state index in [-0.39, 0.29) is 5.69 Å². The van der Waals surface area contributed by atoms with Crippen molar-refractivity contribution in [1.82, 2.24) is 4.98 Å². The summed E-state index contributed by atoms with van der Waals surface area (Å²) in [6, 6.07) is 6.42. The number of hydrogen-bond donors (Lipinski definition) is 0. The Balaban J connectivity index is 2.14. The van der Waals surface area contributed by atoms with Crippen LogP contribution in [0, 0.1) is 10.1 Å². The van der Waals surface area contributed by atoms with E-state index in [1.807, 2.05) is 5.38 Å². The molecular formula is C9H5BrN2O2S2. The molecule has 16 heavy (non-hydrogen) atoms. The first-order valence-electron chi connectivity index (χ1n) is 4.18. The molecule has 0 fully saturated rings. The van der Waals surface area contributed by atoms with E-state index in [0.29, 0.717) is 0 Å². The molecule has 2 rings (SSSR count). The molecule has 0 bridgehead atoms. The van der Waals surface area contributed by atoms with Crippen molar-refractivity contribution in [2.45, 2.75) is 9.24 Å². The number of hydrogen-bond acceptors (Lipinski definition) is 5. The average Bonchev–Trinajstić information content (AvgIpc) is 2.65. The third-order valence-electron chi connectivity index (χ3n) is 1.71. The zero-order valence-electron chi connectivity index (χ0n) is 7.79. The summed E-state index contributed by atoms with van der Waals surface area (Å²) in [6.07, 6.45) is 0. The van der Waals surface area contributed by atoms with E-state index in [9.17, 15) is 10.1 Å². The molecule has 2 aromatic rings. The van der Waals surface area contributed by atoms with Gasteiger partial charge in [0.1, 0.15) is 4.60 Å². The van der Waals surface area contributed by atoms with Crippen molar-refractivity contribution in [3.63, 3.8) is 0 Å². The van der Waals surface area contributed by atoms with Crippen molar-refractivity contribution in [1.29, 1.82) is 0 Å². The van der Waals surface area contributed by atoms with E-state index in [2.05, 4.69) is 20.9 Å². The Kier molecular flexibility index (Phi) is 3.57. The van der Waals surface area contributed by atoms with Gasteiger partial charge in [-0.3, -0.25) is 10.1 Å². The van der Waals surface area contributed by atoms with Gasteiger partial charge in [0.2, 0.25) is 0 Å². The fourth-order valence-corrected chi connectivity index (χ4v) is 3.36. The highest BCUT2D eigenvalue weighted by Crippen LogP contribution is 2.32. The number of non-ortho nitro benzene ring substituents is 1. The number of nitro benzene ring substituents is 1. The van der Waals surface area contributed by atoms with Crippen LogP contribution in [-0.2, 0) is 0 Å². The molecule has 0 aliphatic carbocycles. The van der Waals surface area contributed by atoms with Crippen LogP contribution in [0.1, 0.15) is 0 Å². The summed E-state index contributed by atoms with van der Waals surface area (Å²) in [6.45, 7) is 0. The molecule has 82 valence electrons. The van der Waals surface area contributed by atoms with Crippen LogP contribution < -0.4 is 0 Å². The highest BCUT2D eigenvalue weighted by Gasteiger charge is 2.06. The quantitative estimate of drug-likeness (QED) is 0.635. The first kappa shape index (κ1) is 11.6. The monoisotopic (exact) mass is 316 g/mol. The molecule has 0 amide bonds. The van der Waals surface area contributed by atoms with Crippen LogP contribution in [0.5, 0.6) is 0 Å². The molecule has 0 saturated carbocycles. The first-order valence-corrected chi connectivity index (χ1v) is 6.67. The van der Waals surface area contributed by atoms with Gasteiger partial charge in [-0.25, -0.2) is 4.98 Å².